The highest BCUT2D eigenvalue weighted by Gasteiger charge is 2.36. The van der Waals surface area contributed by atoms with Crippen LogP contribution in [-0.2, 0) is 6.54 Å². The number of nitrogens with one attached hydrogen (secondary N) is 1. The average Bonchev–Trinajstić information content (AvgIpc) is 3.04. The zero-order valence-electron chi connectivity index (χ0n) is 12.1. The van der Waals surface area contributed by atoms with E-state index in [1.165, 1.54) is 48.7 Å². The van der Waals surface area contributed by atoms with Crippen LogP contribution in [0.4, 0.5) is 5.13 Å². The average molecular weight is 279 g/mol. The normalized spacial score (nSPS) is 27.0. The Bertz CT molecular complexity index is 415. The Morgan fingerprint density at radius 2 is 2.21 bits per heavy atom. The fraction of sp³-hybridized carbons (Fsp3) is 0.800. The minimum atomic E-state index is 0.541. The molecule has 0 aromatic carbocycles. The van der Waals surface area contributed by atoms with Crippen LogP contribution in [0.2, 0.25) is 0 Å². The van der Waals surface area contributed by atoms with Crippen LogP contribution in [0.5, 0.6) is 0 Å². The molecule has 1 saturated carbocycles. The fourth-order valence-corrected chi connectivity index (χ4v) is 4.45. The first-order chi connectivity index (χ1) is 9.24. The number of nitrogens with zero attached hydrogens (tertiary/aromatic N) is 2. The van der Waals surface area contributed by atoms with Gasteiger partial charge in [-0.05, 0) is 31.6 Å². The summed E-state index contributed by atoms with van der Waals surface area (Å²) in [4.78, 5) is 8.65. The molecular formula is C15H25N3S. The van der Waals surface area contributed by atoms with E-state index in [1.807, 2.05) is 11.3 Å². The van der Waals surface area contributed by atoms with E-state index in [0.717, 1.165) is 18.5 Å². The summed E-state index contributed by atoms with van der Waals surface area (Å²) in [6.07, 6.45) is 9.08. The molecule has 1 aromatic heterocycles. The van der Waals surface area contributed by atoms with Crippen molar-refractivity contribution >= 4 is 16.5 Å². The molecule has 4 heteroatoms. The minimum absolute atomic E-state index is 0.541. The maximum absolute atomic E-state index is 4.68. The summed E-state index contributed by atoms with van der Waals surface area (Å²) < 4.78 is 0. The number of hydrogen-bond donors (Lipinski definition) is 1. The summed E-state index contributed by atoms with van der Waals surface area (Å²) in [7, 11) is 0. The predicted octanol–water partition coefficient (Wildman–Crippen LogP) is 3.41. The zero-order valence-corrected chi connectivity index (χ0v) is 12.9. The first-order valence-corrected chi connectivity index (χ1v) is 8.50. The van der Waals surface area contributed by atoms with Crippen molar-refractivity contribution in [3.63, 3.8) is 0 Å². The van der Waals surface area contributed by atoms with E-state index in [9.17, 15) is 0 Å². The van der Waals surface area contributed by atoms with Crippen molar-refractivity contribution in [1.82, 2.24) is 10.3 Å². The Morgan fingerprint density at radius 3 is 3.05 bits per heavy atom. The van der Waals surface area contributed by atoms with E-state index in [2.05, 4.69) is 35.2 Å². The summed E-state index contributed by atoms with van der Waals surface area (Å²) >= 11 is 1.88. The van der Waals surface area contributed by atoms with Crippen LogP contribution < -0.4 is 10.2 Å². The highest BCUT2D eigenvalue weighted by Crippen LogP contribution is 2.40. The first-order valence-electron chi connectivity index (χ1n) is 7.69. The third-order valence-electron chi connectivity index (χ3n) is 4.46. The van der Waals surface area contributed by atoms with Gasteiger partial charge in [0.1, 0.15) is 0 Å². The molecule has 2 aliphatic rings. The fourth-order valence-electron chi connectivity index (χ4n) is 3.51. The van der Waals surface area contributed by atoms with Gasteiger partial charge in [0.15, 0.2) is 5.13 Å². The molecule has 0 radical (unpaired) electrons. The summed E-state index contributed by atoms with van der Waals surface area (Å²) in [6, 6.07) is 1.32. The predicted molar refractivity (Wildman–Crippen MR) is 81.8 cm³/mol. The van der Waals surface area contributed by atoms with Crippen LogP contribution in [0.1, 0.15) is 50.8 Å². The van der Waals surface area contributed by atoms with Gasteiger partial charge in [-0.2, -0.15) is 0 Å². The van der Waals surface area contributed by atoms with Crippen LogP contribution in [0.3, 0.4) is 0 Å². The van der Waals surface area contributed by atoms with E-state index in [-0.39, 0.29) is 0 Å². The van der Waals surface area contributed by atoms with Gasteiger partial charge >= 0.3 is 0 Å². The van der Waals surface area contributed by atoms with Gasteiger partial charge < -0.3 is 10.2 Å². The molecule has 1 saturated heterocycles. The van der Waals surface area contributed by atoms with Gasteiger partial charge in [0, 0.05) is 36.2 Å². The van der Waals surface area contributed by atoms with Crippen LogP contribution in [0.25, 0.3) is 0 Å². The zero-order chi connectivity index (χ0) is 13.2. The Labute approximate surface area is 120 Å². The molecule has 3 nitrogen and oxygen atoms in total. The van der Waals surface area contributed by atoms with Crippen LogP contribution in [0.15, 0.2) is 6.20 Å². The van der Waals surface area contributed by atoms with Gasteiger partial charge in [0.05, 0.1) is 0 Å². The van der Waals surface area contributed by atoms with Crippen molar-refractivity contribution in [3.05, 3.63) is 11.1 Å². The summed E-state index contributed by atoms with van der Waals surface area (Å²) in [5, 5.41) is 4.74. The number of fused-ring (bicyclic) bond motifs is 1. The van der Waals surface area contributed by atoms with Crippen molar-refractivity contribution in [3.8, 4) is 0 Å². The number of piperidine rings is 1. The Kier molecular flexibility index (Phi) is 4.08. The van der Waals surface area contributed by atoms with Crippen molar-refractivity contribution < 1.29 is 0 Å². The van der Waals surface area contributed by atoms with Gasteiger partial charge in [-0.3, -0.25) is 0 Å². The summed E-state index contributed by atoms with van der Waals surface area (Å²) in [6.45, 7) is 6.55. The van der Waals surface area contributed by atoms with E-state index in [0.29, 0.717) is 6.04 Å². The molecular weight excluding hydrogens is 254 g/mol. The first kappa shape index (κ1) is 13.4. The van der Waals surface area contributed by atoms with Crippen molar-refractivity contribution in [1.29, 1.82) is 0 Å². The van der Waals surface area contributed by atoms with Gasteiger partial charge in [0.2, 0.25) is 0 Å². The molecule has 2 atom stereocenters. The van der Waals surface area contributed by atoms with E-state index >= 15 is 0 Å². The highest BCUT2D eigenvalue weighted by molar-refractivity contribution is 7.15. The molecule has 1 aliphatic carbocycles. The van der Waals surface area contributed by atoms with Crippen molar-refractivity contribution in [2.75, 3.05) is 11.4 Å². The second kappa shape index (κ2) is 5.80. The second-order valence-corrected chi connectivity index (χ2v) is 7.33. The molecule has 0 amide bonds. The van der Waals surface area contributed by atoms with Crippen molar-refractivity contribution in [2.45, 2.75) is 64.6 Å². The topological polar surface area (TPSA) is 28.2 Å². The molecule has 19 heavy (non-hydrogen) atoms. The lowest BCUT2D eigenvalue weighted by atomic mass is 9.92. The van der Waals surface area contributed by atoms with E-state index < -0.39 is 0 Å². The third kappa shape index (κ3) is 2.95. The Hall–Kier alpha value is -0.610. The molecule has 106 valence electrons. The van der Waals surface area contributed by atoms with Gasteiger partial charge in [-0.25, -0.2) is 4.98 Å². The Morgan fingerprint density at radius 1 is 1.37 bits per heavy atom. The molecule has 1 aliphatic heterocycles. The minimum Gasteiger partial charge on any atom is -0.345 e. The lowest BCUT2D eigenvalue weighted by molar-refractivity contribution is 0.362. The van der Waals surface area contributed by atoms with Crippen LogP contribution >= 0.6 is 11.3 Å². The number of thiazole rings is 1. The van der Waals surface area contributed by atoms with E-state index in [4.69, 9.17) is 0 Å². The number of hydrogen-bond acceptors (Lipinski definition) is 4. The summed E-state index contributed by atoms with van der Waals surface area (Å²) in [5.74, 6) is 0.940. The van der Waals surface area contributed by atoms with Crippen molar-refractivity contribution in [2.24, 2.45) is 5.92 Å². The molecule has 0 spiro atoms. The largest absolute Gasteiger partial charge is 0.345 e. The molecule has 2 heterocycles. The maximum atomic E-state index is 4.68. The molecule has 2 fully saturated rings. The molecule has 1 aromatic rings. The second-order valence-electron chi connectivity index (χ2n) is 6.24. The third-order valence-corrected chi connectivity index (χ3v) is 5.50. The van der Waals surface area contributed by atoms with Gasteiger partial charge in [-0.15, -0.1) is 11.3 Å². The lowest BCUT2D eigenvalue weighted by Crippen LogP contribution is -2.42. The highest BCUT2D eigenvalue weighted by atomic mass is 32.1. The molecule has 0 bridgehead atoms. The maximum Gasteiger partial charge on any atom is 0.185 e. The van der Waals surface area contributed by atoms with Crippen LogP contribution in [-0.4, -0.2) is 23.6 Å². The Balaban J connectivity index is 1.67. The van der Waals surface area contributed by atoms with Gasteiger partial charge in [-0.1, -0.05) is 20.3 Å². The number of rotatable bonds is 4. The molecule has 3 rings (SSSR count). The summed E-state index contributed by atoms with van der Waals surface area (Å²) in [5.41, 5.74) is 0. The van der Waals surface area contributed by atoms with E-state index in [1.54, 1.807) is 0 Å². The number of anilines is 1. The molecule has 2 unspecified atom stereocenters. The lowest BCUT2D eigenvalue weighted by Gasteiger charge is -2.37. The SMILES string of the molecule is CC(C)NCc1cnc(N2CCCC3CCCC32)s1. The monoisotopic (exact) mass is 279 g/mol. The quantitative estimate of drug-likeness (QED) is 0.915. The van der Waals surface area contributed by atoms with Crippen LogP contribution in [0, 0.1) is 5.92 Å². The standard InChI is InChI=1S/C15H25N3S/c1-11(2)16-9-13-10-17-15(19-13)18-8-4-6-12-5-3-7-14(12)18/h10-12,14,16H,3-9H2,1-2H3. The van der Waals surface area contributed by atoms with Gasteiger partial charge in [0.25, 0.3) is 0 Å². The smallest absolute Gasteiger partial charge is 0.185 e. The number of aromatic nitrogens is 1. The molecule has 1 N–H and O–H groups in total.